The molecule has 4 nitrogen and oxygen atoms in total. The number of aryl methyl sites for hydroxylation is 1. The van der Waals surface area contributed by atoms with E-state index >= 15 is 0 Å². The van der Waals surface area contributed by atoms with Crippen LogP contribution in [0, 0.1) is 0 Å². The fourth-order valence-corrected chi connectivity index (χ4v) is 2.69. The second-order valence-electron chi connectivity index (χ2n) is 5.35. The molecule has 2 aromatic rings. The highest BCUT2D eigenvalue weighted by molar-refractivity contribution is 5.96. The number of hydrogen-bond acceptors (Lipinski definition) is 2. The SMILES string of the molecule is CCc1cc(C(=O)O)cc2c(C(C)C)cn(CCO)c12. The molecule has 1 aromatic carbocycles. The zero-order chi connectivity index (χ0) is 14.9. The number of carboxylic acid groups (broad SMARTS) is 1. The van der Waals surface area contributed by atoms with Gasteiger partial charge in [-0.2, -0.15) is 0 Å². The number of carbonyl (C=O) groups is 1. The topological polar surface area (TPSA) is 62.5 Å². The van der Waals surface area contributed by atoms with Gasteiger partial charge in [0.1, 0.15) is 0 Å². The van der Waals surface area contributed by atoms with E-state index in [2.05, 4.69) is 13.8 Å². The maximum absolute atomic E-state index is 11.3. The summed E-state index contributed by atoms with van der Waals surface area (Å²) in [4.78, 5) is 11.3. The molecule has 4 heteroatoms. The Balaban J connectivity index is 2.81. The number of nitrogens with zero attached hydrogens (tertiary/aromatic N) is 1. The lowest BCUT2D eigenvalue weighted by molar-refractivity contribution is 0.0697. The summed E-state index contributed by atoms with van der Waals surface area (Å²) in [6, 6.07) is 3.49. The quantitative estimate of drug-likeness (QED) is 0.881. The van der Waals surface area contributed by atoms with Crippen LogP contribution in [0.25, 0.3) is 10.9 Å². The molecule has 1 aromatic heterocycles. The Morgan fingerprint density at radius 1 is 1.35 bits per heavy atom. The molecule has 0 saturated carbocycles. The number of aromatic carboxylic acids is 1. The monoisotopic (exact) mass is 275 g/mol. The van der Waals surface area contributed by atoms with Crippen LogP contribution in [-0.2, 0) is 13.0 Å². The van der Waals surface area contributed by atoms with E-state index in [1.807, 2.05) is 17.7 Å². The van der Waals surface area contributed by atoms with Gasteiger partial charge in [-0.15, -0.1) is 0 Å². The Labute approximate surface area is 118 Å². The van der Waals surface area contributed by atoms with Gasteiger partial charge in [0.2, 0.25) is 0 Å². The molecule has 0 spiro atoms. The molecule has 1 heterocycles. The van der Waals surface area contributed by atoms with Crippen molar-refractivity contribution in [3.05, 3.63) is 35.0 Å². The minimum absolute atomic E-state index is 0.0746. The lowest BCUT2D eigenvalue weighted by atomic mass is 9.98. The van der Waals surface area contributed by atoms with Crippen LogP contribution in [0.15, 0.2) is 18.3 Å². The van der Waals surface area contributed by atoms with Crippen LogP contribution >= 0.6 is 0 Å². The molecule has 0 bridgehead atoms. The summed E-state index contributed by atoms with van der Waals surface area (Å²) in [5, 5.41) is 19.5. The van der Waals surface area contributed by atoms with Gasteiger partial charge in [0.05, 0.1) is 17.7 Å². The lowest BCUT2D eigenvalue weighted by Gasteiger charge is -2.09. The molecule has 108 valence electrons. The zero-order valence-corrected chi connectivity index (χ0v) is 12.2. The predicted octanol–water partition coefficient (Wildman–Crippen LogP) is 3.02. The number of fused-ring (bicyclic) bond motifs is 1. The first kappa shape index (κ1) is 14.6. The van der Waals surface area contributed by atoms with E-state index < -0.39 is 5.97 Å². The molecule has 2 N–H and O–H groups in total. The van der Waals surface area contributed by atoms with Crippen LogP contribution < -0.4 is 0 Å². The van der Waals surface area contributed by atoms with Crippen molar-refractivity contribution < 1.29 is 15.0 Å². The second-order valence-corrected chi connectivity index (χ2v) is 5.35. The van der Waals surface area contributed by atoms with Crippen LogP contribution in [0.1, 0.15) is 48.2 Å². The van der Waals surface area contributed by atoms with Crippen LogP contribution in [0.3, 0.4) is 0 Å². The maximum atomic E-state index is 11.3. The fourth-order valence-electron chi connectivity index (χ4n) is 2.69. The lowest BCUT2D eigenvalue weighted by Crippen LogP contribution is -2.03. The molecule has 0 atom stereocenters. The number of rotatable bonds is 5. The summed E-state index contributed by atoms with van der Waals surface area (Å²) in [6.07, 6.45) is 2.81. The molecule has 0 fully saturated rings. The standard InChI is InChI=1S/C16H21NO3/c1-4-11-7-12(16(19)20)8-13-14(10(2)3)9-17(5-6-18)15(11)13/h7-10,18H,4-6H2,1-3H3,(H,19,20). The minimum Gasteiger partial charge on any atom is -0.478 e. The molecule has 0 aliphatic rings. The highest BCUT2D eigenvalue weighted by atomic mass is 16.4. The van der Waals surface area contributed by atoms with Gasteiger partial charge in [0.15, 0.2) is 0 Å². The van der Waals surface area contributed by atoms with Crippen molar-refractivity contribution in [1.29, 1.82) is 0 Å². The maximum Gasteiger partial charge on any atom is 0.335 e. The number of benzene rings is 1. The largest absolute Gasteiger partial charge is 0.478 e. The Hall–Kier alpha value is -1.81. The average molecular weight is 275 g/mol. The van der Waals surface area contributed by atoms with Crippen LogP contribution in [0.4, 0.5) is 0 Å². The highest BCUT2D eigenvalue weighted by Gasteiger charge is 2.17. The summed E-state index contributed by atoms with van der Waals surface area (Å²) >= 11 is 0. The van der Waals surface area contributed by atoms with E-state index in [1.54, 1.807) is 12.1 Å². The smallest absolute Gasteiger partial charge is 0.335 e. The molecule has 0 saturated heterocycles. The molecule has 20 heavy (non-hydrogen) atoms. The predicted molar refractivity (Wildman–Crippen MR) is 79.5 cm³/mol. The van der Waals surface area contributed by atoms with E-state index in [-0.39, 0.29) is 6.61 Å². The summed E-state index contributed by atoms with van der Waals surface area (Å²) in [5.41, 5.74) is 3.53. The summed E-state index contributed by atoms with van der Waals surface area (Å²) in [6.45, 7) is 6.81. The van der Waals surface area contributed by atoms with E-state index in [0.29, 0.717) is 18.0 Å². The third-order valence-corrected chi connectivity index (χ3v) is 3.67. The van der Waals surface area contributed by atoms with Crippen molar-refractivity contribution in [3.8, 4) is 0 Å². The third kappa shape index (κ3) is 2.43. The second kappa shape index (κ2) is 5.67. The Kier molecular flexibility index (Phi) is 4.14. The van der Waals surface area contributed by atoms with Crippen LogP contribution in [0.2, 0.25) is 0 Å². The Morgan fingerprint density at radius 2 is 2.05 bits per heavy atom. The van der Waals surface area contributed by atoms with Crippen LogP contribution in [0.5, 0.6) is 0 Å². The number of aromatic nitrogens is 1. The number of carboxylic acids is 1. The van der Waals surface area contributed by atoms with Gasteiger partial charge in [-0.05, 0) is 35.6 Å². The fraction of sp³-hybridized carbons (Fsp3) is 0.438. The van der Waals surface area contributed by atoms with Gasteiger partial charge < -0.3 is 14.8 Å². The number of hydrogen-bond donors (Lipinski definition) is 2. The molecule has 0 unspecified atom stereocenters. The van der Waals surface area contributed by atoms with Crippen molar-refractivity contribution in [2.45, 2.75) is 39.7 Å². The molecule has 0 radical (unpaired) electrons. The van der Waals surface area contributed by atoms with Gasteiger partial charge in [-0.1, -0.05) is 20.8 Å². The first-order valence-electron chi connectivity index (χ1n) is 6.99. The third-order valence-electron chi connectivity index (χ3n) is 3.67. The van der Waals surface area contributed by atoms with Crippen molar-refractivity contribution in [3.63, 3.8) is 0 Å². The first-order chi connectivity index (χ1) is 9.49. The zero-order valence-electron chi connectivity index (χ0n) is 12.2. The van der Waals surface area contributed by atoms with Gasteiger partial charge >= 0.3 is 5.97 Å². The summed E-state index contributed by atoms with van der Waals surface area (Å²) in [5.74, 6) is -0.586. The van der Waals surface area contributed by atoms with Crippen molar-refractivity contribution in [2.24, 2.45) is 0 Å². The molecule has 0 amide bonds. The minimum atomic E-state index is -0.897. The number of aliphatic hydroxyl groups is 1. The average Bonchev–Trinajstić information content (AvgIpc) is 2.77. The molecular weight excluding hydrogens is 254 g/mol. The summed E-state index contributed by atoms with van der Waals surface area (Å²) < 4.78 is 2.04. The Morgan fingerprint density at radius 3 is 2.55 bits per heavy atom. The van der Waals surface area contributed by atoms with E-state index in [1.165, 1.54) is 0 Å². The van der Waals surface area contributed by atoms with Crippen molar-refractivity contribution in [1.82, 2.24) is 4.57 Å². The highest BCUT2D eigenvalue weighted by Crippen LogP contribution is 2.31. The molecular formula is C16H21NO3. The van der Waals surface area contributed by atoms with E-state index in [9.17, 15) is 15.0 Å². The number of aliphatic hydroxyl groups excluding tert-OH is 1. The van der Waals surface area contributed by atoms with Crippen LogP contribution in [-0.4, -0.2) is 27.4 Å². The molecule has 0 aliphatic carbocycles. The summed E-state index contributed by atoms with van der Waals surface area (Å²) in [7, 11) is 0. The molecule has 0 aliphatic heterocycles. The Bertz CT molecular complexity index is 641. The van der Waals surface area contributed by atoms with Crippen molar-refractivity contribution in [2.75, 3.05) is 6.61 Å². The van der Waals surface area contributed by atoms with E-state index in [0.717, 1.165) is 28.5 Å². The van der Waals surface area contributed by atoms with Gasteiger partial charge in [0, 0.05) is 18.1 Å². The molecule has 2 rings (SSSR count). The van der Waals surface area contributed by atoms with Crippen molar-refractivity contribution >= 4 is 16.9 Å². The van der Waals surface area contributed by atoms with Gasteiger partial charge in [-0.3, -0.25) is 0 Å². The first-order valence-corrected chi connectivity index (χ1v) is 6.99. The van der Waals surface area contributed by atoms with Gasteiger partial charge in [-0.25, -0.2) is 4.79 Å². The normalized spacial score (nSPS) is 11.4. The van der Waals surface area contributed by atoms with E-state index in [4.69, 9.17) is 0 Å². The van der Waals surface area contributed by atoms with Gasteiger partial charge in [0.25, 0.3) is 0 Å².